The van der Waals surface area contributed by atoms with Crippen molar-refractivity contribution in [2.45, 2.75) is 235 Å². The first kappa shape index (κ1) is 88.8. The van der Waals surface area contributed by atoms with Crippen molar-refractivity contribution in [2.24, 2.45) is 0 Å². The van der Waals surface area contributed by atoms with E-state index in [1.165, 1.54) is 10.5 Å². The zero-order valence-corrected chi connectivity index (χ0v) is 65.4. The summed E-state index contributed by atoms with van der Waals surface area (Å²) in [5, 5.41) is 232. The van der Waals surface area contributed by atoms with Crippen LogP contribution < -0.4 is 19.0 Å². The van der Waals surface area contributed by atoms with E-state index >= 15 is 9.59 Å². The molecular formula is C82H100N5O36+3. The Kier molecular flexibility index (Phi) is 27.3. The molecule has 41 heteroatoms. The van der Waals surface area contributed by atoms with Crippen molar-refractivity contribution < 1.29 is 192 Å². The number of aliphatic hydroxyl groups excluding tert-OH is 20. The highest BCUT2D eigenvalue weighted by atomic mass is 16.8. The minimum absolute atomic E-state index is 0.0292. The van der Waals surface area contributed by atoms with Crippen LogP contribution in [0.5, 0.6) is 0 Å². The van der Waals surface area contributed by atoms with Crippen LogP contribution in [0.3, 0.4) is 0 Å². The molecule has 0 saturated carbocycles. The molecule has 28 bridgehead atoms. The Bertz CT molecular complexity index is 4710. The maximum Gasteiger partial charge on any atom is 0.253 e. The monoisotopic (exact) mass is 1730 g/mol. The van der Waals surface area contributed by atoms with E-state index in [9.17, 15) is 102 Å². The molecule has 21 saturated heterocycles. The predicted molar refractivity (Wildman–Crippen MR) is 403 cm³/mol. The number of hydrogen-bond acceptors (Lipinski definition) is 36. The molecule has 0 unspecified atom stereocenters. The molecule has 123 heavy (non-hydrogen) atoms. The highest BCUT2D eigenvalue weighted by Crippen LogP contribution is 2.40. The Labute approximate surface area is 699 Å². The quantitative estimate of drug-likeness (QED) is 0.0597. The Morgan fingerprint density at radius 1 is 0.309 bits per heavy atom. The summed E-state index contributed by atoms with van der Waals surface area (Å²) in [5.74, 6) is -1.41. The fourth-order valence-electron chi connectivity index (χ4n) is 17.0. The number of rotatable bonds is 9. The molecule has 31 aliphatic rings. The van der Waals surface area contributed by atoms with E-state index in [1.54, 1.807) is 30.5 Å². The highest BCUT2D eigenvalue weighted by Gasteiger charge is 2.60. The third-order valence-corrected chi connectivity index (χ3v) is 24.0. The Hall–Kier alpha value is -7.57. The topological polar surface area (TPSA) is 596 Å². The van der Waals surface area contributed by atoms with E-state index in [2.05, 4.69) is 46.3 Å². The van der Waals surface area contributed by atoms with Crippen LogP contribution >= 0.6 is 0 Å². The number of benzene rings is 2. The van der Waals surface area contributed by atoms with Gasteiger partial charge >= 0.3 is 0 Å². The Morgan fingerprint density at radius 3 is 0.837 bits per heavy atom. The first-order valence-corrected chi connectivity index (χ1v) is 40.2. The average molecular weight is 1730 g/mol. The number of nitrogens with one attached hydrogen (secondary N) is 1. The first-order valence-electron chi connectivity index (χ1n) is 40.2. The van der Waals surface area contributed by atoms with Gasteiger partial charge in [-0.3, -0.25) is 9.59 Å². The highest BCUT2D eigenvalue weighted by molar-refractivity contribution is 6.12. The fraction of sp³-hybridized carbons (Fsp3) is 0.549. The van der Waals surface area contributed by atoms with E-state index in [4.69, 9.17) is 66.3 Å². The summed E-state index contributed by atoms with van der Waals surface area (Å²) in [7, 11) is 0. The number of ether oxygens (including phenoxy) is 14. The molecule has 1 amide bonds. The minimum Gasteiger partial charge on any atom is -0.394 e. The number of hydrogen-bond donors (Lipinski definition) is 21. The summed E-state index contributed by atoms with van der Waals surface area (Å²) in [6, 6.07) is 32.0. The zero-order chi connectivity index (χ0) is 86.7. The molecule has 35 atom stereocenters. The van der Waals surface area contributed by atoms with Crippen molar-refractivity contribution in [3.05, 3.63) is 180 Å². The van der Waals surface area contributed by atoms with Crippen LogP contribution in [0.15, 0.2) is 147 Å². The van der Waals surface area contributed by atoms with Gasteiger partial charge in [0, 0.05) is 71.4 Å². The van der Waals surface area contributed by atoms with Crippen LogP contribution in [0.1, 0.15) is 43.1 Å². The molecule has 21 N–H and O–H groups in total. The second-order valence-electron chi connectivity index (χ2n) is 31.9. The maximum atomic E-state index is 15.4. The molecule has 7 aromatic rings. The van der Waals surface area contributed by atoms with E-state index in [0.29, 0.717) is 30.8 Å². The van der Waals surface area contributed by atoms with Crippen LogP contribution in [0.25, 0.3) is 27.8 Å². The fourth-order valence-corrected chi connectivity index (χ4v) is 17.0. The summed E-state index contributed by atoms with van der Waals surface area (Å²) in [4.78, 5) is 30.4. The van der Waals surface area contributed by atoms with Crippen LogP contribution in [-0.2, 0) is 86.0 Å². The van der Waals surface area contributed by atoms with Crippen molar-refractivity contribution in [3.8, 4) is 22.3 Å². The Morgan fingerprint density at radius 2 is 0.561 bits per heavy atom. The third-order valence-electron chi connectivity index (χ3n) is 24.0. The van der Waals surface area contributed by atoms with Crippen LogP contribution in [0.2, 0.25) is 0 Å². The molecule has 0 radical (unpaired) electrons. The van der Waals surface area contributed by atoms with Crippen LogP contribution in [-0.4, -0.2) is 379 Å². The number of carbonyl (C=O) groups is 2. The SMILES string of the molecule is O=C(NC[C@H]1O[C@@H]2O[C@H]3[C@H](O)[C@@H](O)[C@@H](O[C@H]4[C@H](O)[C@@H](O)[C@@H](O[C@H]5[C@H](O)[C@@H](O)[C@@H](O[C@H]6[C@H](O)[C@@H](O)[C@@H](O[C@H]7[C@H](O)[C@@H](O)[C@@H](O[C@H]8[C@H](O)[C@@H](O)[C@@H](O[C@H]1[C@H](O)[C@H]2O)O[C@@H]8CO)O[C@@H]7CO)O[C@@H]6CO)O[C@@H]5CO)O[C@@H]4CO)O[C@@H]3CO)c1cc2n3ccc(cc13)-c1cc[n+](cc1)Cc1ccc(cc1)C[n+]1ccc(cc1)-c1cc[n+](cc1)Cc1ccc(cc1)C2=O. The van der Waals surface area contributed by atoms with Crippen molar-refractivity contribution in [3.63, 3.8) is 0 Å². The van der Waals surface area contributed by atoms with Crippen LogP contribution in [0, 0.1) is 0 Å². The van der Waals surface area contributed by atoms with Gasteiger partial charge in [0.05, 0.1) is 56.4 Å². The van der Waals surface area contributed by atoms with Crippen molar-refractivity contribution in [1.82, 2.24) is 9.72 Å². The average Bonchev–Trinajstić information content (AvgIpc) is 1.51. The van der Waals surface area contributed by atoms with Gasteiger partial charge in [-0.25, -0.2) is 13.7 Å². The molecule has 2 aromatic carbocycles. The number of aromatic nitrogens is 4. The van der Waals surface area contributed by atoms with Crippen molar-refractivity contribution in [1.29, 1.82) is 0 Å². The molecule has 41 nitrogen and oxygen atoms in total. The van der Waals surface area contributed by atoms with Gasteiger partial charge in [0.1, 0.15) is 171 Å². The molecule has 21 fully saturated rings. The molecule has 5 aromatic heterocycles. The van der Waals surface area contributed by atoms with E-state index in [1.807, 2.05) is 82.7 Å². The lowest BCUT2D eigenvalue weighted by molar-refractivity contribution is -0.688. The number of nitrogens with zero attached hydrogens (tertiary/aromatic N) is 4. The first-order chi connectivity index (χ1) is 59.2. The predicted octanol–water partition coefficient (Wildman–Crippen LogP) is -9.65. The van der Waals surface area contributed by atoms with Gasteiger partial charge in [-0.15, -0.1) is 0 Å². The van der Waals surface area contributed by atoms with E-state index in [-0.39, 0.29) is 22.3 Å². The third kappa shape index (κ3) is 17.9. The number of ketones is 1. The summed E-state index contributed by atoms with van der Waals surface area (Å²) in [6.07, 6.45) is -60.1. The van der Waals surface area contributed by atoms with E-state index < -0.39 is 273 Å². The molecule has 38 rings (SSSR count). The lowest BCUT2D eigenvalue weighted by atomic mass is 9.95. The maximum absolute atomic E-state index is 15.4. The van der Waals surface area contributed by atoms with Gasteiger partial charge in [0.25, 0.3) is 5.91 Å². The Balaban J connectivity index is 0.708. The number of aliphatic hydroxyl groups is 20. The van der Waals surface area contributed by atoms with Gasteiger partial charge in [-0.1, -0.05) is 48.5 Å². The minimum atomic E-state index is -2.36. The number of pyridine rings is 4. The molecule has 31 aliphatic heterocycles. The molecule has 0 aliphatic carbocycles. The van der Waals surface area contributed by atoms with Gasteiger partial charge in [0.2, 0.25) is 5.78 Å². The summed E-state index contributed by atoms with van der Waals surface area (Å²) >= 11 is 0. The standard InChI is InChI=1S/C82H99N5O36/c88-29-47-69-56(97)63(104)78(112-47)120-71-49(31-90)114-80(65(106)58(71)99)122-73-51(33-92)116-82(67(108)60(73)101)123-74-52(34-93)115-81(66(107)59(74)100)121-72-50(32-91)113-79(64(105)57(72)98)119-70-48(30-89)111-77(62(103)55(70)96)117-68-46(110-76(118-69)61(102)54(68)95)25-83-75(109)43-24-45-53(94)41-7-5-37(6-8-41)28-85-18-11-39(12-19-85)38-9-16-84(17-10-38)26-35-1-3-36(4-2-35)27-86-20-13-40(14-21-86)42-15-22-87(45)44(43)23-42/h1-24,46-52,54-74,76-82,88-93,95-108H,25-34H2/q+2/p+1/t46-,47-,48-,49-,50-,51-,52-,54-,55-,56-,57-,58-,59-,60-,61-,62-,63-,64-,65-,66-,67-,68-,69-,70-,71-,72-,73-,74-,76-,77-,78-,79-,80-,81-,82-/m1/s1. The largest absolute Gasteiger partial charge is 0.394 e. The summed E-state index contributed by atoms with van der Waals surface area (Å²) in [6.45, 7) is -5.79. The van der Waals surface area contributed by atoms with Crippen molar-refractivity contribution >= 4 is 17.2 Å². The van der Waals surface area contributed by atoms with Gasteiger partial charge in [-0.2, -0.15) is 0 Å². The van der Waals surface area contributed by atoms with E-state index in [0.717, 1.165) is 27.8 Å². The normalized spacial score (nSPS) is 39.5. The molecule has 0 spiro atoms. The summed E-state index contributed by atoms with van der Waals surface area (Å²) < 4.78 is 90.6. The number of amides is 1. The van der Waals surface area contributed by atoms with Gasteiger partial charge in [-0.05, 0) is 40.5 Å². The molecular weight excluding hydrogens is 1630 g/mol. The number of carbonyl (C=O) groups excluding carboxylic acids is 2. The van der Waals surface area contributed by atoms with Crippen molar-refractivity contribution in [2.75, 3.05) is 46.2 Å². The lowest BCUT2D eigenvalue weighted by Crippen LogP contribution is -2.68. The lowest BCUT2D eigenvalue weighted by Gasteiger charge is -2.50. The zero-order valence-electron chi connectivity index (χ0n) is 65.4. The molecule has 36 heterocycles. The smallest absolute Gasteiger partial charge is 0.253 e. The van der Waals surface area contributed by atoms with Crippen LogP contribution in [0.4, 0.5) is 0 Å². The van der Waals surface area contributed by atoms with Gasteiger partial charge in [0.15, 0.2) is 101 Å². The summed E-state index contributed by atoms with van der Waals surface area (Å²) in [5.41, 5.74) is 6.71. The second-order valence-corrected chi connectivity index (χ2v) is 31.9. The molecule has 666 valence electrons. The second kappa shape index (κ2) is 37.8. The van der Waals surface area contributed by atoms with Gasteiger partial charge < -0.3 is 178 Å².